The maximum Gasteiger partial charge on any atom is 0.230 e. The van der Waals surface area contributed by atoms with Gasteiger partial charge in [0.05, 0.1) is 5.75 Å². The van der Waals surface area contributed by atoms with Crippen LogP contribution in [-0.4, -0.2) is 27.0 Å². The Morgan fingerprint density at radius 3 is 2.73 bits per heavy atom. The van der Waals surface area contributed by atoms with Crippen molar-refractivity contribution in [2.24, 2.45) is 7.05 Å². The summed E-state index contributed by atoms with van der Waals surface area (Å²) in [5, 5.41) is 3.10. The van der Waals surface area contributed by atoms with E-state index in [-0.39, 0.29) is 11.9 Å². The molecule has 0 saturated heterocycles. The van der Waals surface area contributed by atoms with Crippen molar-refractivity contribution >= 4 is 33.6 Å². The molecule has 1 aromatic carbocycles. The summed E-state index contributed by atoms with van der Waals surface area (Å²) < 4.78 is 2.95. The van der Waals surface area contributed by atoms with Crippen LogP contribution in [0.1, 0.15) is 30.8 Å². The van der Waals surface area contributed by atoms with Gasteiger partial charge in [0.25, 0.3) is 0 Å². The molecule has 1 unspecified atom stereocenters. The van der Waals surface area contributed by atoms with E-state index in [1.807, 2.05) is 42.1 Å². The van der Waals surface area contributed by atoms with Gasteiger partial charge in [-0.1, -0.05) is 35.0 Å². The van der Waals surface area contributed by atoms with Gasteiger partial charge in [0, 0.05) is 23.9 Å². The third-order valence-electron chi connectivity index (χ3n) is 3.21. The first-order valence-electron chi connectivity index (χ1n) is 7.21. The first-order chi connectivity index (χ1) is 10.6. The molecular formula is C16H20BrN3OS. The van der Waals surface area contributed by atoms with E-state index >= 15 is 0 Å². The molecule has 1 atom stereocenters. The summed E-state index contributed by atoms with van der Waals surface area (Å²) in [6.45, 7) is 2.11. The normalized spacial score (nSPS) is 12.1. The summed E-state index contributed by atoms with van der Waals surface area (Å²) >= 11 is 5.09. The van der Waals surface area contributed by atoms with Crippen LogP contribution in [0.5, 0.6) is 0 Å². The number of benzene rings is 1. The number of imidazole rings is 1. The number of carbonyl (C=O) groups is 1. The van der Waals surface area contributed by atoms with Gasteiger partial charge < -0.3 is 9.88 Å². The number of halogens is 1. The van der Waals surface area contributed by atoms with Crippen molar-refractivity contribution in [3.05, 3.63) is 52.5 Å². The smallest absolute Gasteiger partial charge is 0.230 e. The first kappa shape index (κ1) is 17.1. The van der Waals surface area contributed by atoms with Gasteiger partial charge in [-0.05, 0) is 29.9 Å². The van der Waals surface area contributed by atoms with Gasteiger partial charge in [0.1, 0.15) is 11.9 Å². The molecule has 0 aliphatic carbocycles. The minimum atomic E-state index is -0.233. The molecule has 4 nitrogen and oxygen atoms in total. The van der Waals surface area contributed by atoms with Gasteiger partial charge in [-0.3, -0.25) is 4.79 Å². The second kappa shape index (κ2) is 8.39. The summed E-state index contributed by atoms with van der Waals surface area (Å²) in [7, 11) is 1.94. The molecule has 2 aromatic rings. The number of thioether (sulfide) groups is 1. The predicted molar refractivity (Wildman–Crippen MR) is 95.0 cm³/mol. The molecule has 2 rings (SSSR count). The second-order valence-electron chi connectivity index (χ2n) is 5.00. The van der Waals surface area contributed by atoms with Gasteiger partial charge in [-0.2, -0.15) is 11.8 Å². The van der Waals surface area contributed by atoms with Crippen LogP contribution in [0.25, 0.3) is 0 Å². The summed E-state index contributed by atoms with van der Waals surface area (Å²) in [6.07, 6.45) is 4.71. The van der Waals surface area contributed by atoms with Crippen molar-refractivity contribution in [1.29, 1.82) is 0 Å². The maximum atomic E-state index is 12.2. The Morgan fingerprint density at radius 1 is 1.41 bits per heavy atom. The topological polar surface area (TPSA) is 46.9 Å². The Labute approximate surface area is 143 Å². The van der Waals surface area contributed by atoms with Gasteiger partial charge >= 0.3 is 0 Å². The SMILES string of the molecule is CCCSCC(=O)NC(c1ccc(Br)cc1)c1nccn1C. The fourth-order valence-electron chi connectivity index (χ4n) is 2.12. The number of carbonyl (C=O) groups excluding carboxylic acids is 1. The van der Waals surface area contributed by atoms with Crippen LogP contribution in [0.3, 0.4) is 0 Å². The molecule has 22 heavy (non-hydrogen) atoms. The summed E-state index contributed by atoms with van der Waals surface area (Å²) in [4.78, 5) is 16.6. The zero-order chi connectivity index (χ0) is 15.9. The number of aromatic nitrogens is 2. The predicted octanol–water partition coefficient (Wildman–Crippen LogP) is 3.53. The number of hydrogen-bond acceptors (Lipinski definition) is 3. The Bertz CT molecular complexity index is 612. The molecule has 0 fully saturated rings. The monoisotopic (exact) mass is 381 g/mol. The molecule has 0 radical (unpaired) electrons. The molecule has 6 heteroatoms. The molecule has 1 heterocycles. The van der Waals surface area contributed by atoms with E-state index in [2.05, 4.69) is 33.2 Å². The average molecular weight is 382 g/mol. The molecular weight excluding hydrogens is 362 g/mol. The van der Waals surface area contributed by atoms with E-state index < -0.39 is 0 Å². The van der Waals surface area contributed by atoms with Crippen LogP contribution in [0.2, 0.25) is 0 Å². The molecule has 0 aliphatic rings. The average Bonchev–Trinajstić information content (AvgIpc) is 2.92. The lowest BCUT2D eigenvalue weighted by atomic mass is 10.1. The minimum absolute atomic E-state index is 0.0365. The Hall–Kier alpha value is -1.27. The third-order valence-corrected chi connectivity index (χ3v) is 4.90. The first-order valence-corrected chi connectivity index (χ1v) is 9.16. The van der Waals surface area contributed by atoms with E-state index in [0.717, 1.165) is 28.0 Å². The number of nitrogens with one attached hydrogen (secondary N) is 1. The number of nitrogens with zero attached hydrogens (tertiary/aromatic N) is 2. The van der Waals surface area contributed by atoms with Crippen LogP contribution < -0.4 is 5.32 Å². The second-order valence-corrected chi connectivity index (χ2v) is 7.02. The number of hydrogen-bond donors (Lipinski definition) is 1. The maximum absolute atomic E-state index is 12.2. The van der Waals surface area contributed by atoms with Gasteiger partial charge in [-0.25, -0.2) is 4.98 Å². The molecule has 1 N–H and O–H groups in total. The molecule has 1 aromatic heterocycles. The number of aryl methyl sites for hydroxylation is 1. The largest absolute Gasteiger partial charge is 0.341 e. The van der Waals surface area contributed by atoms with Crippen LogP contribution >= 0.6 is 27.7 Å². The Balaban J connectivity index is 2.17. The summed E-state index contributed by atoms with van der Waals surface area (Å²) in [5.41, 5.74) is 1.02. The molecule has 0 aliphatic heterocycles. The highest BCUT2D eigenvalue weighted by Gasteiger charge is 2.20. The Morgan fingerprint density at radius 2 is 2.14 bits per heavy atom. The molecule has 0 saturated carbocycles. The van der Waals surface area contributed by atoms with Crippen molar-refractivity contribution in [2.75, 3.05) is 11.5 Å². The van der Waals surface area contributed by atoms with Gasteiger partial charge in [0.15, 0.2) is 0 Å². The van der Waals surface area contributed by atoms with E-state index in [1.54, 1.807) is 18.0 Å². The van der Waals surface area contributed by atoms with Crippen LogP contribution in [0.15, 0.2) is 41.1 Å². The van der Waals surface area contributed by atoms with Gasteiger partial charge in [0.2, 0.25) is 5.91 Å². The zero-order valence-corrected chi connectivity index (χ0v) is 15.2. The van der Waals surface area contributed by atoms with E-state index in [1.165, 1.54) is 0 Å². The Kier molecular flexibility index (Phi) is 6.51. The van der Waals surface area contributed by atoms with Crippen molar-refractivity contribution in [1.82, 2.24) is 14.9 Å². The van der Waals surface area contributed by atoms with E-state index in [0.29, 0.717) is 5.75 Å². The van der Waals surface area contributed by atoms with Crippen molar-refractivity contribution in [3.63, 3.8) is 0 Å². The zero-order valence-electron chi connectivity index (χ0n) is 12.8. The lowest BCUT2D eigenvalue weighted by molar-refractivity contribution is -0.119. The van der Waals surface area contributed by atoms with Crippen LogP contribution in [0.4, 0.5) is 0 Å². The van der Waals surface area contributed by atoms with E-state index in [4.69, 9.17) is 0 Å². The lowest BCUT2D eigenvalue weighted by Crippen LogP contribution is -2.32. The molecule has 0 spiro atoms. The standard InChI is InChI=1S/C16H20BrN3OS/c1-3-10-22-11-14(21)19-15(16-18-8-9-20(16)2)12-4-6-13(17)7-5-12/h4-9,15H,3,10-11H2,1-2H3,(H,19,21). The highest BCUT2D eigenvalue weighted by atomic mass is 79.9. The summed E-state index contributed by atoms with van der Waals surface area (Å²) in [5.74, 6) is 2.34. The van der Waals surface area contributed by atoms with Gasteiger partial charge in [-0.15, -0.1) is 0 Å². The van der Waals surface area contributed by atoms with Crippen molar-refractivity contribution < 1.29 is 4.79 Å². The number of rotatable bonds is 7. The fourth-order valence-corrected chi connectivity index (χ4v) is 3.09. The minimum Gasteiger partial charge on any atom is -0.341 e. The fraction of sp³-hybridized carbons (Fsp3) is 0.375. The quantitative estimate of drug-likeness (QED) is 0.746. The summed E-state index contributed by atoms with van der Waals surface area (Å²) in [6, 6.07) is 7.72. The third kappa shape index (κ3) is 4.61. The lowest BCUT2D eigenvalue weighted by Gasteiger charge is -2.19. The van der Waals surface area contributed by atoms with Crippen LogP contribution in [0, 0.1) is 0 Å². The molecule has 0 bridgehead atoms. The number of amides is 1. The highest BCUT2D eigenvalue weighted by Crippen LogP contribution is 2.22. The van der Waals surface area contributed by atoms with Crippen molar-refractivity contribution in [3.8, 4) is 0 Å². The molecule has 1 amide bonds. The van der Waals surface area contributed by atoms with E-state index in [9.17, 15) is 4.79 Å². The van der Waals surface area contributed by atoms with Crippen molar-refractivity contribution in [2.45, 2.75) is 19.4 Å². The molecule has 118 valence electrons. The van der Waals surface area contributed by atoms with Crippen LogP contribution in [-0.2, 0) is 11.8 Å². The highest BCUT2D eigenvalue weighted by molar-refractivity contribution is 9.10.